The van der Waals surface area contributed by atoms with Crippen molar-refractivity contribution in [2.45, 2.75) is 36.7 Å². The summed E-state index contributed by atoms with van der Waals surface area (Å²) in [6.07, 6.45) is 2.76. The number of thiophene rings is 1. The molecule has 1 fully saturated rings. The second-order valence-electron chi connectivity index (χ2n) is 9.28. The molecule has 1 aromatic carbocycles. The summed E-state index contributed by atoms with van der Waals surface area (Å²) in [5.74, 6) is 0.219. The minimum atomic E-state index is -3.62. The van der Waals surface area contributed by atoms with Gasteiger partial charge in [0.05, 0.1) is 34.3 Å². The summed E-state index contributed by atoms with van der Waals surface area (Å²) in [6.45, 7) is 1.06. The molecule has 0 amide bonds. The van der Waals surface area contributed by atoms with Crippen LogP contribution >= 0.6 is 34.5 Å². The number of sulfonamides is 1. The van der Waals surface area contributed by atoms with E-state index in [1.807, 2.05) is 6.07 Å². The maximum Gasteiger partial charge on any atom is 0.215 e. The molecule has 1 aliphatic carbocycles. The van der Waals surface area contributed by atoms with Gasteiger partial charge < -0.3 is 15.9 Å². The van der Waals surface area contributed by atoms with Crippen LogP contribution in [0.3, 0.4) is 0 Å². The van der Waals surface area contributed by atoms with Gasteiger partial charge in [-0.1, -0.05) is 23.2 Å². The molecule has 0 spiro atoms. The van der Waals surface area contributed by atoms with Gasteiger partial charge in [-0.15, -0.1) is 11.3 Å². The predicted molar refractivity (Wildman–Crippen MR) is 147 cm³/mol. The van der Waals surface area contributed by atoms with Crippen molar-refractivity contribution in [3.63, 3.8) is 0 Å². The fourth-order valence-corrected chi connectivity index (χ4v) is 7.29. The molecule has 0 saturated heterocycles. The first kappa shape index (κ1) is 26.3. The van der Waals surface area contributed by atoms with Crippen molar-refractivity contribution in [1.82, 2.24) is 14.7 Å². The van der Waals surface area contributed by atoms with E-state index in [0.29, 0.717) is 45.3 Å². The number of nitrogens with zero attached hydrogens (tertiary/aromatic N) is 2. The number of halogens is 2. The number of aliphatic hydroxyl groups is 2. The number of nitrogens with one attached hydrogen (secondary N) is 1. The maximum atomic E-state index is 13.0. The fourth-order valence-electron chi connectivity index (χ4n) is 4.04. The topological polar surface area (TPSA) is 138 Å². The Kier molecular flexibility index (Phi) is 6.95. The molecular formula is C25H24Cl2N4O4S2. The van der Waals surface area contributed by atoms with Crippen LogP contribution in [-0.2, 0) is 15.6 Å². The molecular weight excluding hydrogens is 555 g/mol. The summed E-state index contributed by atoms with van der Waals surface area (Å²) < 4.78 is 29.6. The zero-order valence-electron chi connectivity index (χ0n) is 19.6. The average molecular weight is 580 g/mol. The number of pyridine rings is 2. The Morgan fingerprint density at radius 3 is 2.68 bits per heavy atom. The summed E-state index contributed by atoms with van der Waals surface area (Å²) in [7, 11) is -3.62. The van der Waals surface area contributed by atoms with Crippen molar-refractivity contribution < 1.29 is 18.6 Å². The highest BCUT2D eigenvalue weighted by Gasteiger charge is 2.38. The highest BCUT2D eigenvalue weighted by Crippen LogP contribution is 2.42. The number of nitrogen functional groups attached to an aromatic ring is 1. The first-order chi connectivity index (χ1) is 17.5. The Morgan fingerprint density at radius 1 is 1.22 bits per heavy atom. The molecule has 1 aliphatic rings. The number of aliphatic hydroxyl groups excluding tert-OH is 1. The predicted octanol–water partition coefficient (Wildman–Crippen LogP) is 4.62. The molecule has 3 heterocycles. The quantitative estimate of drug-likeness (QED) is 0.239. The molecule has 0 bridgehead atoms. The van der Waals surface area contributed by atoms with Crippen molar-refractivity contribution >= 4 is 60.5 Å². The molecule has 8 nitrogen and oxygen atoms in total. The van der Waals surface area contributed by atoms with Gasteiger partial charge in [0.25, 0.3) is 0 Å². The summed E-state index contributed by atoms with van der Waals surface area (Å²) in [5, 5.41) is 21.2. The lowest BCUT2D eigenvalue weighted by Crippen LogP contribution is -2.32. The van der Waals surface area contributed by atoms with Gasteiger partial charge in [0, 0.05) is 26.4 Å². The number of rotatable bonds is 8. The lowest BCUT2D eigenvalue weighted by Gasteiger charge is -2.21. The molecule has 5 rings (SSSR count). The van der Waals surface area contributed by atoms with E-state index in [1.54, 1.807) is 42.6 Å². The number of aromatic nitrogens is 2. The summed E-state index contributed by atoms with van der Waals surface area (Å²) in [4.78, 5) is 9.49. The smallest absolute Gasteiger partial charge is 0.215 e. The van der Waals surface area contributed by atoms with Gasteiger partial charge in [-0.05, 0) is 73.2 Å². The van der Waals surface area contributed by atoms with E-state index in [4.69, 9.17) is 28.9 Å². The zero-order chi connectivity index (χ0) is 26.5. The van der Waals surface area contributed by atoms with Crippen LogP contribution in [0.15, 0.2) is 48.7 Å². The third-order valence-corrected chi connectivity index (χ3v) is 9.96. The van der Waals surface area contributed by atoms with E-state index in [1.165, 1.54) is 18.3 Å². The minimum absolute atomic E-state index is 0.219. The molecule has 2 atom stereocenters. The van der Waals surface area contributed by atoms with E-state index in [-0.39, 0.29) is 10.8 Å². The van der Waals surface area contributed by atoms with Crippen molar-refractivity contribution in [3.05, 3.63) is 74.8 Å². The van der Waals surface area contributed by atoms with E-state index in [0.717, 1.165) is 10.1 Å². The molecule has 0 aliphatic heterocycles. The van der Waals surface area contributed by atoms with Gasteiger partial charge in [-0.2, -0.15) is 0 Å². The molecule has 5 N–H and O–H groups in total. The van der Waals surface area contributed by atoms with Gasteiger partial charge in [0.2, 0.25) is 10.0 Å². The standard InChI is InChI=1S/C25H24Cl2N4O4S2/c1-25(33,12-32)14-6-7-29-19(10-14)17-11-15(26)8-13-9-20(36-24(13)17)23(31-37(34,35)16-2-3-16)22-18(27)4-5-21(28)30-22/h4-11,16,23,31-33H,2-3,12H2,1H3,(H2,28,30). The summed E-state index contributed by atoms with van der Waals surface area (Å²) in [6, 6.07) is 11.0. The molecule has 2 unspecified atom stereocenters. The Morgan fingerprint density at radius 2 is 1.97 bits per heavy atom. The van der Waals surface area contributed by atoms with Crippen molar-refractivity contribution in [2.75, 3.05) is 12.3 Å². The summed E-state index contributed by atoms with van der Waals surface area (Å²) in [5.41, 5.74) is 6.53. The van der Waals surface area contributed by atoms with Crippen LogP contribution in [0, 0.1) is 0 Å². The lowest BCUT2D eigenvalue weighted by atomic mass is 9.96. The molecule has 4 aromatic rings. The highest BCUT2D eigenvalue weighted by atomic mass is 35.5. The Bertz CT molecular complexity index is 1600. The van der Waals surface area contributed by atoms with Crippen molar-refractivity contribution in [1.29, 1.82) is 0 Å². The number of anilines is 1. The SMILES string of the molecule is CC(O)(CO)c1ccnc(-c2cc(Cl)cc3cc(C(NS(=O)(=O)C4CC4)c4nc(N)ccc4Cl)sc23)c1. The normalized spacial score (nSPS) is 16.6. The first-order valence-electron chi connectivity index (χ1n) is 11.4. The zero-order valence-corrected chi connectivity index (χ0v) is 22.8. The van der Waals surface area contributed by atoms with Crippen LogP contribution in [0.4, 0.5) is 5.82 Å². The maximum absolute atomic E-state index is 13.0. The van der Waals surface area contributed by atoms with Crippen LogP contribution in [0.25, 0.3) is 21.3 Å². The third kappa shape index (κ3) is 5.33. The first-order valence-corrected chi connectivity index (χ1v) is 14.6. The van der Waals surface area contributed by atoms with Gasteiger partial charge in [-0.25, -0.2) is 18.1 Å². The Hall–Kier alpha value is -2.31. The van der Waals surface area contributed by atoms with E-state index in [2.05, 4.69) is 14.7 Å². The second-order valence-corrected chi connectivity index (χ2v) is 13.2. The largest absolute Gasteiger partial charge is 0.393 e. The van der Waals surface area contributed by atoms with E-state index in [9.17, 15) is 18.6 Å². The number of hydrogen-bond acceptors (Lipinski definition) is 8. The van der Waals surface area contributed by atoms with Gasteiger partial charge in [0.1, 0.15) is 11.4 Å². The summed E-state index contributed by atoms with van der Waals surface area (Å²) >= 11 is 14.3. The third-order valence-electron chi connectivity index (χ3n) is 6.26. The number of nitrogens with two attached hydrogens (primary N) is 1. The van der Waals surface area contributed by atoms with Crippen LogP contribution in [0.2, 0.25) is 10.0 Å². The molecule has 194 valence electrons. The molecule has 3 aromatic heterocycles. The number of fused-ring (bicyclic) bond motifs is 1. The number of benzene rings is 1. The molecule has 12 heteroatoms. The fraction of sp³-hybridized carbons (Fsp3) is 0.280. The van der Waals surface area contributed by atoms with Gasteiger partial charge in [-0.3, -0.25) is 4.98 Å². The van der Waals surface area contributed by atoms with Gasteiger partial charge >= 0.3 is 0 Å². The van der Waals surface area contributed by atoms with Crippen LogP contribution < -0.4 is 10.5 Å². The molecule has 37 heavy (non-hydrogen) atoms. The Balaban J connectivity index is 1.67. The monoisotopic (exact) mass is 578 g/mol. The van der Waals surface area contributed by atoms with Crippen molar-refractivity contribution in [2.24, 2.45) is 0 Å². The van der Waals surface area contributed by atoms with Crippen LogP contribution in [0.5, 0.6) is 0 Å². The van der Waals surface area contributed by atoms with Crippen LogP contribution in [0.1, 0.15) is 41.9 Å². The van der Waals surface area contributed by atoms with Crippen LogP contribution in [-0.4, -0.2) is 40.5 Å². The Labute approximate surface area is 228 Å². The molecule has 0 radical (unpaired) electrons. The van der Waals surface area contributed by atoms with Gasteiger partial charge in [0.15, 0.2) is 0 Å². The second kappa shape index (κ2) is 9.77. The highest BCUT2D eigenvalue weighted by molar-refractivity contribution is 7.90. The van der Waals surface area contributed by atoms with E-state index < -0.39 is 33.5 Å². The van der Waals surface area contributed by atoms with E-state index >= 15 is 0 Å². The lowest BCUT2D eigenvalue weighted by molar-refractivity contribution is -0.00230. The minimum Gasteiger partial charge on any atom is -0.393 e. The average Bonchev–Trinajstić information content (AvgIpc) is 3.65. The number of hydrogen-bond donors (Lipinski definition) is 4. The van der Waals surface area contributed by atoms with Crippen molar-refractivity contribution in [3.8, 4) is 11.3 Å². The molecule has 1 saturated carbocycles.